The van der Waals surface area contributed by atoms with Gasteiger partial charge in [-0.2, -0.15) is 0 Å². The number of ether oxygens (including phenoxy) is 1. The molecule has 2 fully saturated rings. The smallest absolute Gasteiger partial charge is 0.327 e. The molecule has 4 atom stereocenters. The van der Waals surface area contributed by atoms with Crippen LogP contribution in [0.4, 0.5) is 10.5 Å². The van der Waals surface area contributed by atoms with Crippen LogP contribution in [0.25, 0.3) is 0 Å². The molecular weight excluding hydrogens is 454 g/mol. The summed E-state index contributed by atoms with van der Waals surface area (Å²) < 4.78 is 5.43. The lowest BCUT2D eigenvalue weighted by Gasteiger charge is -2.50. The van der Waals surface area contributed by atoms with E-state index in [9.17, 15) is 14.4 Å². The Balaban J connectivity index is 1.47. The third kappa shape index (κ3) is 5.03. The molecule has 4 amide bonds. The van der Waals surface area contributed by atoms with Crippen molar-refractivity contribution in [2.45, 2.75) is 24.6 Å². The number of amides is 4. The number of carbonyl (C=O) groups is 3. The topological polar surface area (TPSA) is 103 Å². The summed E-state index contributed by atoms with van der Waals surface area (Å²) in [7, 11) is 3.17. The molecule has 2 aromatic carbocycles. The zero-order valence-electron chi connectivity index (χ0n) is 19.4. The molecule has 2 aromatic rings. The number of anilines is 1. The van der Waals surface area contributed by atoms with E-state index in [1.54, 1.807) is 36.2 Å². The van der Waals surface area contributed by atoms with Crippen LogP contribution in [-0.4, -0.2) is 65.6 Å². The largest absolute Gasteiger partial charge is 0.494 e. The molecule has 180 valence electrons. The first-order valence-electron chi connectivity index (χ1n) is 11.1. The Morgan fingerprint density at radius 1 is 1.06 bits per heavy atom. The number of rotatable bonds is 7. The normalized spacial score (nSPS) is 24.6. The van der Waals surface area contributed by atoms with Crippen LogP contribution in [0.2, 0.25) is 0 Å². The Kier molecular flexibility index (Phi) is 7.40. The molecular formula is C24H29N5O4S. The third-order valence-electron chi connectivity index (χ3n) is 5.93. The second-order valence-corrected chi connectivity index (χ2v) is 9.31. The summed E-state index contributed by atoms with van der Waals surface area (Å²) in [4.78, 5) is 41.0. The van der Waals surface area contributed by atoms with Crippen molar-refractivity contribution in [3.05, 3.63) is 60.2 Å². The molecule has 0 radical (unpaired) electrons. The standard InChI is InChI=1S/C24H29N5O4S/c1-4-33-17-12-10-16(11-13-17)25-18(30)14-34-22-19-21(28(2)24(32)29(3)23(19)31)26-20(27-22)15-8-6-5-7-9-15/h5-13,19-22,26-27H,4,14H2,1-3H3,(H,25,30). The van der Waals surface area contributed by atoms with Gasteiger partial charge in [0.1, 0.15) is 5.75 Å². The van der Waals surface area contributed by atoms with Gasteiger partial charge in [0.05, 0.1) is 36.0 Å². The summed E-state index contributed by atoms with van der Waals surface area (Å²) in [5.74, 6) is -0.113. The SMILES string of the molecule is CCOc1ccc(NC(=O)CSC2NC(c3ccccc3)NC3C2C(=O)N(C)C(=O)N3C)cc1. The van der Waals surface area contributed by atoms with Crippen molar-refractivity contribution in [1.29, 1.82) is 0 Å². The number of nitrogens with zero attached hydrogens (tertiary/aromatic N) is 2. The van der Waals surface area contributed by atoms with E-state index >= 15 is 0 Å². The lowest BCUT2D eigenvalue weighted by molar-refractivity contribution is -0.140. The van der Waals surface area contributed by atoms with E-state index in [0.717, 1.165) is 16.2 Å². The van der Waals surface area contributed by atoms with Crippen molar-refractivity contribution >= 4 is 35.3 Å². The summed E-state index contributed by atoms with van der Waals surface area (Å²) in [5.41, 5.74) is 1.66. The highest BCUT2D eigenvalue weighted by molar-refractivity contribution is 8.00. The molecule has 10 heteroatoms. The van der Waals surface area contributed by atoms with E-state index in [-0.39, 0.29) is 35.1 Å². The zero-order chi connectivity index (χ0) is 24.2. The third-order valence-corrected chi connectivity index (χ3v) is 7.15. The van der Waals surface area contributed by atoms with Gasteiger partial charge in [-0.25, -0.2) is 4.79 Å². The summed E-state index contributed by atoms with van der Waals surface area (Å²) in [6.07, 6.45) is -0.769. The van der Waals surface area contributed by atoms with E-state index in [2.05, 4.69) is 16.0 Å². The Morgan fingerprint density at radius 2 is 1.76 bits per heavy atom. The van der Waals surface area contributed by atoms with Crippen molar-refractivity contribution in [2.75, 3.05) is 31.8 Å². The molecule has 0 aliphatic carbocycles. The second-order valence-electron chi connectivity index (χ2n) is 8.18. The van der Waals surface area contributed by atoms with Gasteiger partial charge in [0.25, 0.3) is 0 Å². The maximum absolute atomic E-state index is 13.1. The Bertz CT molecular complexity index is 1040. The molecule has 4 unspecified atom stereocenters. The molecule has 34 heavy (non-hydrogen) atoms. The number of imide groups is 1. The average Bonchev–Trinajstić information content (AvgIpc) is 2.86. The van der Waals surface area contributed by atoms with Crippen LogP contribution >= 0.6 is 11.8 Å². The highest BCUT2D eigenvalue weighted by atomic mass is 32.2. The minimum atomic E-state index is -0.545. The minimum absolute atomic E-state index is 0.143. The maximum atomic E-state index is 13.1. The van der Waals surface area contributed by atoms with E-state index in [4.69, 9.17) is 4.74 Å². The molecule has 2 saturated heterocycles. The fourth-order valence-electron chi connectivity index (χ4n) is 4.20. The van der Waals surface area contributed by atoms with Crippen LogP contribution in [0.5, 0.6) is 5.75 Å². The summed E-state index contributed by atoms with van der Waals surface area (Å²) >= 11 is 1.36. The molecule has 2 heterocycles. The fourth-order valence-corrected chi connectivity index (χ4v) is 5.31. The number of benzene rings is 2. The lowest BCUT2D eigenvalue weighted by Crippen LogP contribution is -2.72. The van der Waals surface area contributed by atoms with E-state index < -0.39 is 12.1 Å². The van der Waals surface area contributed by atoms with Gasteiger partial charge in [0, 0.05) is 19.8 Å². The monoisotopic (exact) mass is 483 g/mol. The molecule has 2 aliphatic rings. The highest BCUT2D eigenvalue weighted by Gasteiger charge is 2.51. The Morgan fingerprint density at radius 3 is 2.44 bits per heavy atom. The maximum Gasteiger partial charge on any atom is 0.327 e. The zero-order valence-corrected chi connectivity index (χ0v) is 20.2. The number of thioether (sulfide) groups is 1. The molecule has 0 spiro atoms. The van der Waals surface area contributed by atoms with Crippen LogP contribution in [-0.2, 0) is 9.59 Å². The van der Waals surface area contributed by atoms with E-state index in [1.807, 2.05) is 37.3 Å². The van der Waals surface area contributed by atoms with E-state index in [0.29, 0.717) is 12.3 Å². The van der Waals surface area contributed by atoms with Crippen molar-refractivity contribution in [1.82, 2.24) is 20.4 Å². The number of hydrogen-bond donors (Lipinski definition) is 3. The fraction of sp³-hybridized carbons (Fsp3) is 0.375. The van der Waals surface area contributed by atoms with Gasteiger partial charge in [0.15, 0.2) is 0 Å². The number of urea groups is 1. The number of nitrogens with one attached hydrogen (secondary N) is 3. The van der Waals surface area contributed by atoms with Crippen molar-refractivity contribution < 1.29 is 19.1 Å². The molecule has 0 bridgehead atoms. The average molecular weight is 484 g/mol. The van der Waals surface area contributed by atoms with Gasteiger partial charge in [-0.05, 0) is 36.8 Å². The quantitative estimate of drug-likeness (QED) is 0.556. The summed E-state index contributed by atoms with van der Waals surface area (Å²) in [5, 5.41) is 9.36. The molecule has 0 aromatic heterocycles. The van der Waals surface area contributed by atoms with Gasteiger partial charge in [-0.15, -0.1) is 11.8 Å². The van der Waals surface area contributed by atoms with Crippen molar-refractivity contribution in [3.8, 4) is 5.75 Å². The van der Waals surface area contributed by atoms with Crippen molar-refractivity contribution in [3.63, 3.8) is 0 Å². The van der Waals surface area contributed by atoms with Crippen LogP contribution in [0, 0.1) is 5.92 Å². The first kappa shape index (κ1) is 24.1. The first-order valence-corrected chi connectivity index (χ1v) is 12.2. The highest BCUT2D eigenvalue weighted by Crippen LogP contribution is 2.34. The van der Waals surface area contributed by atoms with E-state index in [1.165, 1.54) is 18.8 Å². The minimum Gasteiger partial charge on any atom is -0.494 e. The van der Waals surface area contributed by atoms with Crippen LogP contribution in [0.3, 0.4) is 0 Å². The second kappa shape index (κ2) is 10.5. The molecule has 3 N–H and O–H groups in total. The summed E-state index contributed by atoms with van der Waals surface area (Å²) in [6, 6.07) is 16.6. The van der Waals surface area contributed by atoms with Gasteiger partial charge >= 0.3 is 6.03 Å². The number of hydrogen-bond acceptors (Lipinski definition) is 7. The molecule has 2 aliphatic heterocycles. The van der Waals surface area contributed by atoms with Gasteiger partial charge in [-0.1, -0.05) is 30.3 Å². The van der Waals surface area contributed by atoms with Crippen LogP contribution in [0.1, 0.15) is 18.7 Å². The lowest BCUT2D eigenvalue weighted by atomic mass is 9.96. The predicted octanol–water partition coefficient (Wildman–Crippen LogP) is 2.44. The first-order chi connectivity index (χ1) is 16.4. The van der Waals surface area contributed by atoms with Crippen LogP contribution < -0.4 is 20.7 Å². The van der Waals surface area contributed by atoms with Crippen LogP contribution in [0.15, 0.2) is 54.6 Å². The van der Waals surface area contributed by atoms with Crippen molar-refractivity contribution in [2.24, 2.45) is 5.92 Å². The molecule has 4 rings (SSSR count). The van der Waals surface area contributed by atoms with Gasteiger partial charge in [0.2, 0.25) is 11.8 Å². The van der Waals surface area contributed by atoms with Gasteiger partial charge < -0.3 is 15.0 Å². The molecule has 0 saturated carbocycles. The number of carbonyl (C=O) groups excluding carboxylic acids is 3. The summed E-state index contributed by atoms with van der Waals surface area (Å²) in [6.45, 7) is 2.49. The Hall–Kier alpha value is -3.08. The predicted molar refractivity (Wildman–Crippen MR) is 131 cm³/mol. The Labute approximate surface area is 203 Å². The van der Waals surface area contributed by atoms with Gasteiger partial charge in [-0.3, -0.25) is 25.1 Å². The molecule has 9 nitrogen and oxygen atoms in total. The number of fused-ring (bicyclic) bond motifs is 1.